The molecule has 0 aliphatic heterocycles. The van der Waals surface area contributed by atoms with Gasteiger partial charge in [-0.05, 0) is 0 Å². The first-order valence-corrected chi connectivity index (χ1v) is 6.27. The number of hydrogen-bond donors (Lipinski definition) is 1. The van der Waals surface area contributed by atoms with Crippen molar-refractivity contribution in [2.75, 3.05) is 0 Å². The third-order valence-electron chi connectivity index (χ3n) is 0.923. The number of hydrogen-bond acceptors (Lipinski definition) is 1. The molecule has 2 nitrogen and oxygen atoms in total. The van der Waals surface area contributed by atoms with Crippen molar-refractivity contribution in [1.29, 1.82) is 0 Å². The first-order chi connectivity index (χ1) is 4.77. The van der Waals surface area contributed by atoms with Crippen LogP contribution in [0.5, 0.6) is 0 Å². The summed E-state index contributed by atoms with van der Waals surface area (Å²) in [5, 5.41) is 8.20. The van der Waals surface area contributed by atoms with Crippen LogP contribution in [0.3, 0.4) is 0 Å². The second-order valence-electron chi connectivity index (χ2n) is 1.87. The first kappa shape index (κ1) is 10.00. The molecule has 0 atom stereocenters. The maximum atomic E-state index is 9.97. The summed E-state index contributed by atoms with van der Waals surface area (Å²) >= 11 is -0.134. The zero-order valence-corrected chi connectivity index (χ0v) is 8.37. The summed E-state index contributed by atoms with van der Waals surface area (Å²) in [6, 6.07) is 0. The molecule has 58 valence electrons. The van der Waals surface area contributed by atoms with Crippen molar-refractivity contribution in [2.24, 2.45) is 0 Å². The van der Waals surface area contributed by atoms with Crippen LogP contribution >= 0.6 is 0 Å². The Bertz CT molecular complexity index is 121. The molecule has 0 aromatic carbocycles. The van der Waals surface area contributed by atoms with Gasteiger partial charge in [-0.25, -0.2) is 0 Å². The van der Waals surface area contributed by atoms with Gasteiger partial charge >= 0.3 is 71.2 Å². The van der Waals surface area contributed by atoms with Crippen molar-refractivity contribution in [3.63, 3.8) is 0 Å². The number of carboxylic acid groups (broad SMARTS) is 1. The molecule has 0 saturated heterocycles. The molecule has 0 aliphatic carbocycles. The van der Waals surface area contributed by atoms with Crippen LogP contribution in [0, 0.1) is 0 Å². The van der Waals surface area contributed by atoms with Crippen molar-refractivity contribution in [3.05, 3.63) is 10.2 Å². The Kier molecular flexibility index (Phi) is 7.11. The Morgan fingerprint density at radius 1 is 1.70 bits per heavy atom. The van der Waals surface area contributed by atoms with Crippen molar-refractivity contribution in [3.8, 4) is 0 Å². The minimum atomic E-state index is -0.818. The second-order valence-corrected chi connectivity index (χ2v) is 4.76. The van der Waals surface area contributed by atoms with Crippen molar-refractivity contribution < 1.29 is 9.90 Å². The van der Waals surface area contributed by atoms with Gasteiger partial charge in [-0.1, -0.05) is 0 Å². The molecule has 0 fully saturated rings. The van der Waals surface area contributed by atoms with E-state index in [2.05, 4.69) is 6.92 Å². The summed E-state index contributed by atoms with van der Waals surface area (Å²) in [5.74, 6) is -0.818. The topological polar surface area (TPSA) is 37.3 Å². The molecule has 0 aliphatic rings. The average Bonchev–Trinajstić information content (AvgIpc) is 1.87. The monoisotopic (exact) mass is 258 g/mol. The van der Waals surface area contributed by atoms with E-state index in [1.165, 1.54) is 23.4 Å². The zero-order chi connectivity index (χ0) is 7.82. The molecule has 0 spiro atoms. The van der Waals surface area contributed by atoms with Gasteiger partial charge in [0.25, 0.3) is 0 Å². The molecule has 0 aromatic heterocycles. The number of aliphatic carboxylic acids is 1. The summed E-state index contributed by atoms with van der Waals surface area (Å²) in [7, 11) is 0. The van der Waals surface area contributed by atoms with Crippen LogP contribution in [0.25, 0.3) is 0 Å². The van der Waals surface area contributed by atoms with Crippen molar-refractivity contribution >= 4 is 26.9 Å². The number of rotatable bonds is 5. The summed E-state index contributed by atoms with van der Waals surface area (Å²) < 4.78 is 3.06. The maximum absolute atomic E-state index is 9.97. The summed E-state index contributed by atoms with van der Waals surface area (Å²) in [5.41, 5.74) is 0. The molecule has 0 radical (unpaired) electrons. The van der Waals surface area contributed by atoms with E-state index in [4.69, 9.17) is 5.11 Å². The molecule has 0 rings (SSSR count). The van der Waals surface area contributed by atoms with Crippen LogP contribution in [0.15, 0.2) is 10.2 Å². The number of carbonyl (C=O) groups is 1. The normalized spacial score (nSPS) is 10.5. The molecular weight excluding hydrogens is 244 g/mol. The van der Waals surface area contributed by atoms with Crippen LogP contribution in [-0.2, 0) is 4.79 Å². The first-order valence-electron chi connectivity index (χ1n) is 3.28. The predicted octanol–water partition coefficient (Wildman–Crippen LogP) is 1.51. The molecular formula is C7H12O2Te. The van der Waals surface area contributed by atoms with Crippen LogP contribution in [0.4, 0.5) is 0 Å². The van der Waals surface area contributed by atoms with E-state index >= 15 is 0 Å². The molecule has 0 heterocycles. The molecule has 10 heavy (non-hydrogen) atoms. The van der Waals surface area contributed by atoms with Crippen molar-refractivity contribution in [2.45, 2.75) is 24.2 Å². The van der Waals surface area contributed by atoms with Crippen molar-refractivity contribution in [1.82, 2.24) is 0 Å². The Labute approximate surface area is 71.4 Å². The predicted molar refractivity (Wildman–Crippen MR) is 42.2 cm³/mol. The quantitative estimate of drug-likeness (QED) is 0.459. The van der Waals surface area contributed by atoms with Gasteiger partial charge in [-0.2, -0.15) is 0 Å². The van der Waals surface area contributed by atoms with E-state index < -0.39 is 5.97 Å². The SMILES string of the molecule is CCCC[Te]/C=C\C(=O)O. The van der Waals surface area contributed by atoms with Gasteiger partial charge in [0.15, 0.2) is 0 Å². The molecule has 0 unspecified atom stereocenters. The van der Waals surface area contributed by atoms with Crippen LogP contribution in [0.1, 0.15) is 19.8 Å². The van der Waals surface area contributed by atoms with Gasteiger partial charge in [0.2, 0.25) is 0 Å². The van der Waals surface area contributed by atoms with Gasteiger partial charge in [-0.15, -0.1) is 0 Å². The molecule has 1 N–H and O–H groups in total. The van der Waals surface area contributed by atoms with Crippen LogP contribution in [0.2, 0.25) is 4.47 Å². The Morgan fingerprint density at radius 2 is 2.40 bits per heavy atom. The van der Waals surface area contributed by atoms with E-state index in [0.29, 0.717) is 0 Å². The number of unbranched alkanes of at least 4 members (excludes halogenated alkanes) is 1. The molecule has 0 saturated carbocycles. The molecule has 0 bridgehead atoms. The number of carboxylic acids is 1. The summed E-state index contributed by atoms with van der Waals surface area (Å²) in [6.45, 7) is 2.15. The zero-order valence-electron chi connectivity index (χ0n) is 6.04. The summed E-state index contributed by atoms with van der Waals surface area (Å²) in [4.78, 5) is 9.97. The van der Waals surface area contributed by atoms with Gasteiger partial charge in [0.1, 0.15) is 0 Å². The third kappa shape index (κ3) is 8.00. The Hall–Kier alpha value is -0.000390. The van der Waals surface area contributed by atoms with Crippen LogP contribution < -0.4 is 0 Å². The Morgan fingerprint density at radius 3 is 2.90 bits per heavy atom. The van der Waals surface area contributed by atoms with Gasteiger partial charge in [0, 0.05) is 0 Å². The average molecular weight is 256 g/mol. The summed E-state index contributed by atoms with van der Waals surface area (Å²) in [6.07, 6.45) is 3.72. The van der Waals surface area contributed by atoms with Gasteiger partial charge in [-0.3, -0.25) is 0 Å². The van der Waals surface area contributed by atoms with E-state index in [1.807, 2.05) is 4.12 Å². The fraction of sp³-hybridized carbons (Fsp3) is 0.571. The van der Waals surface area contributed by atoms with Gasteiger partial charge in [0.05, 0.1) is 0 Å². The van der Waals surface area contributed by atoms with E-state index in [9.17, 15) is 4.79 Å². The third-order valence-corrected chi connectivity index (χ3v) is 3.36. The van der Waals surface area contributed by atoms with Gasteiger partial charge < -0.3 is 0 Å². The standard InChI is InChI=1S/C7H12O2Te/c1-2-3-5-10-6-4-7(8)9/h4,6H,2-3,5H2,1H3,(H,8,9)/b6-4-. The van der Waals surface area contributed by atoms with E-state index in [-0.39, 0.29) is 20.9 Å². The molecule has 3 heteroatoms. The van der Waals surface area contributed by atoms with E-state index in [1.54, 1.807) is 0 Å². The Balaban J connectivity index is 3.10. The fourth-order valence-corrected chi connectivity index (χ4v) is 2.70. The van der Waals surface area contributed by atoms with E-state index in [0.717, 1.165) is 0 Å². The molecule has 0 aromatic rings. The fourth-order valence-electron chi connectivity index (χ4n) is 0.402. The van der Waals surface area contributed by atoms with Crippen LogP contribution in [-0.4, -0.2) is 32.0 Å². The molecule has 0 amide bonds. The second kappa shape index (κ2) is 7.11. The minimum absolute atomic E-state index is 0.134.